The molecule has 3 saturated carbocycles. The van der Waals surface area contributed by atoms with Crippen LogP contribution in [-0.2, 0) is 9.53 Å². The molecule has 4 nitrogen and oxygen atoms in total. The van der Waals surface area contributed by atoms with Crippen molar-refractivity contribution in [1.82, 2.24) is 0 Å². The molecule has 8 atom stereocenters. The molecule has 27 heavy (non-hydrogen) atoms. The third-order valence-electron chi connectivity index (χ3n) is 9.32. The number of carbonyl (C=O) groups is 1. The molecule has 0 aromatic rings. The van der Waals surface area contributed by atoms with E-state index in [9.17, 15) is 15.0 Å². The lowest BCUT2D eigenvalue weighted by Gasteiger charge is -2.62. The number of esters is 1. The predicted octanol–water partition coefficient (Wildman–Crippen LogP) is 3.99. The van der Waals surface area contributed by atoms with Crippen LogP contribution in [0.1, 0.15) is 79.6 Å². The van der Waals surface area contributed by atoms with Crippen LogP contribution in [0.3, 0.4) is 0 Å². The minimum absolute atomic E-state index is 0.0773. The maximum atomic E-state index is 11.8. The smallest absolute Gasteiger partial charge is 0.303 e. The number of fused-ring (bicyclic) bond motifs is 5. The summed E-state index contributed by atoms with van der Waals surface area (Å²) in [6, 6.07) is 0. The average molecular weight is 377 g/mol. The molecule has 1 unspecified atom stereocenters. The van der Waals surface area contributed by atoms with Crippen LogP contribution in [0.2, 0.25) is 0 Å². The second-order valence-electron chi connectivity index (χ2n) is 10.8. The third-order valence-corrected chi connectivity index (χ3v) is 9.32. The lowest BCUT2D eigenvalue weighted by Crippen LogP contribution is -2.60. The van der Waals surface area contributed by atoms with Crippen molar-refractivity contribution < 1.29 is 19.7 Å². The van der Waals surface area contributed by atoms with Crippen molar-refractivity contribution in [1.29, 1.82) is 0 Å². The molecule has 0 saturated heterocycles. The van der Waals surface area contributed by atoms with Crippen molar-refractivity contribution in [3.05, 3.63) is 11.6 Å². The number of hydrogen-bond acceptors (Lipinski definition) is 4. The molecule has 0 spiro atoms. The Kier molecular flexibility index (Phi) is 4.19. The SMILES string of the molecule is CC(=O)O[C@@]1(C)CC[C@H]2[C@H]3[C@H](CC[C@@]21C)[C@@]1(C)CC[C@H](O)CC1=CC3(C)O. The lowest BCUT2D eigenvalue weighted by atomic mass is 9.44. The highest BCUT2D eigenvalue weighted by molar-refractivity contribution is 5.66. The first-order chi connectivity index (χ1) is 12.4. The molecule has 0 amide bonds. The summed E-state index contributed by atoms with van der Waals surface area (Å²) >= 11 is 0. The fraction of sp³-hybridized carbons (Fsp3) is 0.870. The molecule has 0 radical (unpaired) electrons. The Labute approximate surface area is 163 Å². The van der Waals surface area contributed by atoms with Gasteiger partial charge in [0.2, 0.25) is 0 Å². The van der Waals surface area contributed by atoms with E-state index in [2.05, 4.69) is 26.8 Å². The second-order valence-corrected chi connectivity index (χ2v) is 10.8. The van der Waals surface area contributed by atoms with Crippen molar-refractivity contribution in [2.45, 2.75) is 96.9 Å². The van der Waals surface area contributed by atoms with Crippen molar-refractivity contribution in [3.63, 3.8) is 0 Å². The minimum Gasteiger partial charge on any atom is -0.459 e. The van der Waals surface area contributed by atoms with Crippen LogP contribution in [-0.4, -0.2) is 33.5 Å². The van der Waals surface area contributed by atoms with Gasteiger partial charge in [0.1, 0.15) is 5.60 Å². The van der Waals surface area contributed by atoms with Crippen LogP contribution < -0.4 is 0 Å². The lowest BCUT2D eigenvalue weighted by molar-refractivity contribution is -0.187. The summed E-state index contributed by atoms with van der Waals surface area (Å²) < 4.78 is 5.90. The van der Waals surface area contributed by atoms with Crippen LogP contribution >= 0.6 is 0 Å². The van der Waals surface area contributed by atoms with E-state index >= 15 is 0 Å². The number of aliphatic hydroxyl groups excluding tert-OH is 1. The molecule has 3 fully saturated rings. The average Bonchev–Trinajstić information content (AvgIpc) is 2.80. The minimum atomic E-state index is -0.871. The van der Waals surface area contributed by atoms with Crippen molar-refractivity contribution in [2.24, 2.45) is 28.6 Å². The van der Waals surface area contributed by atoms with Crippen LogP contribution in [0.25, 0.3) is 0 Å². The first-order valence-corrected chi connectivity index (χ1v) is 10.8. The van der Waals surface area contributed by atoms with Crippen LogP contribution in [0, 0.1) is 28.6 Å². The maximum absolute atomic E-state index is 11.8. The van der Waals surface area contributed by atoms with Gasteiger partial charge in [-0.15, -0.1) is 0 Å². The first-order valence-electron chi connectivity index (χ1n) is 10.8. The van der Waals surface area contributed by atoms with Gasteiger partial charge in [-0.3, -0.25) is 4.79 Å². The molecular formula is C23H36O4. The highest BCUT2D eigenvalue weighted by atomic mass is 16.6. The van der Waals surface area contributed by atoms with Gasteiger partial charge in [-0.05, 0) is 82.0 Å². The fourth-order valence-corrected chi connectivity index (χ4v) is 7.69. The van der Waals surface area contributed by atoms with Crippen LogP contribution in [0.5, 0.6) is 0 Å². The van der Waals surface area contributed by atoms with E-state index in [0.29, 0.717) is 18.3 Å². The Hall–Kier alpha value is -0.870. The predicted molar refractivity (Wildman–Crippen MR) is 104 cm³/mol. The van der Waals surface area contributed by atoms with Gasteiger partial charge in [0.15, 0.2) is 0 Å². The molecule has 152 valence electrons. The topological polar surface area (TPSA) is 66.8 Å². The Balaban J connectivity index is 1.75. The van der Waals surface area contributed by atoms with E-state index < -0.39 is 11.2 Å². The van der Waals surface area contributed by atoms with Crippen molar-refractivity contribution in [3.8, 4) is 0 Å². The maximum Gasteiger partial charge on any atom is 0.303 e. The second kappa shape index (κ2) is 5.82. The Morgan fingerprint density at radius 2 is 1.74 bits per heavy atom. The molecule has 0 heterocycles. The Bertz CT molecular complexity index is 682. The summed E-state index contributed by atoms with van der Waals surface area (Å²) in [4.78, 5) is 11.8. The van der Waals surface area contributed by atoms with Gasteiger partial charge in [-0.25, -0.2) is 0 Å². The van der Waals surface area contributed by atoms with Crippen LogP contribution in [0.15, 0.2) is 11.6 Å². The van der Waals surface area contributed by atoms with E-state index in [1.54, 1.807) is 0 Å². The number of aliphatic hydroxyl groups is 2. The molecule has 4 aliphatic carbocycles. The van der Waals surface area contributed by atoms with Crippen molar-refractivity contribution >= 4 is 5.97 Å². The van der Waals surface area contributed by atoms with Gasteiger partial charge in [-0.2, -0.15) is 0 Å². The summed E-state index contributed by atoms with van der Waals surface area (Å²) in [6.07, 6.45) is 8.32. The number of rotatable bonds is 1. The van der Waals surface area contributed by atoms with E-state index in [1.165, 1.54) is 12.5 Å². The zero-order chi connectivity index (χ0) is 19.8. The van der Waals surface area contributed by atoms with Crippen molar-refractivity contribution in [2.75, 3.05) is 0 Å². The standard InChI is InChI=1S/C23H36O4/c1-14(24)27-23(5)11-8-18-19-17(7-10-21(18,23)3)20(2)9-6-16(25)12-15(20)13-22(19,4)26/h13,16-19,25-26H,6-12H2,1-5H3/t16-,17-,18-,19+,20-,21-,22?,23-/m0/s1. The van der Waals surface area contributed by atoms with Gasteiger partial charge < -0.3 is 14.9 Å². The molecule has 4 rings (SSSR count). The van der Waals surface area contributed by atoms with E-state index in [1.807, 2.05) is 6.92 Å². The number of hydrogen-bond donors (Lipinski definition) is 2. The summed E-state index contributed by atoms with van der Waals surface area (Å²) in [5, 5.41) is 21.8. The monoisotopic (exact) mass is 376 g/mol. The molecule has 0 aromatic carbocycles. The molecule has 4 aliphatic rings. The van der Waals surface area contributed by atoms with Gasteiger partial charge >= 0.3 is 5.97 Å². The molecule has 2 N–H and O–H groups in total. The van der Waals surface area contributed by atoms with Crippen LogP contribution in [0.4, 0.5) is 0 Å². The molecule has 0 aromatic heterocycles. The zero-order valence-corrected chi connectivity index (χ0v) is 17.5. The third kappa shape index (κ3) is 2.58. The molecular weight excluding hydrogens is 340 g/mol. The highest BCUT2D eigenvalue weighted by Gasteiger charge is 2.67. The summed E-state index contributed by atoms with van der Waals surface area (Å²) in [5.41, 5.74) is -0.0761. The van der Waals surface area contributed by atoms with Gasteiger partial charge in [0.05, 0.1) is 11.7 Å². The normalized spacial score (nSPS) is 54.4. The molecule has 0 aliphatic heterocycles. The summed E-state index contributed by atoms with van der Waals surface area (Å²) in [5.74, 6) is 0.750. The Morgan fingerprint density at radius 1 is 1.07 bits per heavy atom. The van der Waals surface area contributed by atoms with Gasteiger partial charge in [0, 0.05) is 12.3 Å². The number of ether oxygens (including phenoxy) is 1. The highest BCUT2D eigenvalue weighted by Crippen LogP contribution is 2.69. The van der Waals surface area contributed by atoms with E-state index in [4.69, 9.17) is 4.74 Å². The van der Waals surface area contributed by atoms with E-state index in [-0.39, 0.29) is 28.8 Å². The summed E-state index contributed by atoms with van der Waals surface area (Å²) in [7, 11) is 0. The Morgan fingerprint density at radius 3 is 2.41 bits per heavy atom. The van der Waals surface area contributed by atoms with Gasteiger partial charge in [0.25, 0.3) is 0 Å². The molecule has 4 heteroatoms. The zero-order valence-electron chi connectivity index (χ0n) is 17.5. The quantitative estimate of drug-likeness (QED) is 0.536. The van der Waals surface area contributed by atoms with Gasteiger partial charge in [-0.1, -0.05) is 25.5 Å². The summed E-state index contributed by atoms with van der Waals surface area (Å²) in [6.45, 7) is 10.2. The fourth-order valence-electron chi connectivity index (χ4n) is 7.69. The van der Waals surface area contributed by atoms with E-state index in [0.717, 1.165) is 38.5 Å². The molecule has 0 bridgehead atoms. The first kappa shape index (κ1) is 19.4. The number of carbonyl (C=O) groups excluding carboxylic acids is 1. The largest absolute Gasteiger partial charge is 0.459 e.